The average Bonchev–Trinajstić information content (AvgIpc) is 2.64. The molecule has 6 nitrogen and oxygen atoms in total. The summed E-state index contributed by atoms with van der Waals surface area (Å²) in [5.74, 6) is 0.686. The summed E-state index contributed by atoms with van der Waals surface area (Å²) in [5, 5.41) is 8.93. The summed E-state index contributed by atoms with van der Waals surface area (Å²) < 4.78 is 5.77. The first-order chi connectivity index (χ1) is 11.8. The molecule has 0 saturated carbocycles. The lowest BCUT2D eigenvalue weighted by atomic mass is 10.2. The van der Waals surface area contributed by atoms with Crippen LogP contribution in [-0.2, 0) is 6.54 Å². The van der Waals surface area contributed by atoms with E-state index in [9.17, 15) is 0 Å². The molecule has 1 aromatic heterocycles. The molecule has 0 atom stereocenters. The van der Waals surface area contributed by atoms with Gasteiger partial charge in [0.15, 0.2) is 0 Å². The number of rotatable bonds is 3. The van der Waals surface area contributed by atoms with Crippen molar-refractivity contribution in [3.05, 3.63) is 60.4 Å². The number of nitriles is 1. The number of hydrogen-bond acceptors (Lipinski definition) is 5. The highest BCUT2D eigenvalue weighted by molar-refractivity contribution is 5.77. The van der Waals surface area contributed by atoms with Gasteiger partial charge in [-0.25, -0.2) is 0 Å². The third-order valence-corrected chi connectivity index (χ3v) is 3.90. The fourth-order valence-corrected chi connectivity index (χ4v) is 2.64. The average molecular weight is 321 g/mol. The van der Waals surface area contributed by atoms with Crippen molar-refractivity contribution in [2.24, 2.45) is 4.99 Å². The first kappa shape index (κ1) is 16.0. The Morgan fingerprint density at radius 1 is 1.08 bits per heavy atom. The molecule has 1 saturated heterocycles. The SMILES string of the molecule is N#CN=C(Oc1ccccc1)N1CCN(Cc2ccncc2)CC1. The Balaban J connectivity index is 1.58. The Bertz CT molecular complexity index is 703. The zero-order valence-corrected chi connectivity index (χ0v) is 13.4. The third kappa shape index (κ3) is 4.31. The Labute approximate surface area is 141 Å². The standard InChI is InChI=1S/C18H19N5O/c19-15-21-18(24-17-4-2-1-3-5-17)23-12-10-22(11-13-23)14-16-6-8-20-9-7-16/h1-9H,10-14H2. The molecule has 0 radical (unpaired) electrons. The minimum Gasteiger partial charge on any atom is -0.425 e. The zero-order chi connectivity index (χ0) is 16.6. The van der Waals surface area contributed by atoms with E-state index in [0.29, 0.717) is 11.8 Å². The van der Waals surface area contributed by atoms with Gasteiger partial charge in [0.1, 0.15) is 5.75 Å². The van der Waals surface area contributed by atoms with Crippen LogP contribution in [0.4, 0.5) is 0 Å². The van der Waals surface area contributed by atoms with Gasteiger partial charge in [0.2, 0.25) is 6.19 Å². The number of aliphatic imine (C=N–C) groups is 1. The molecule has 6 heteroatoms. The zero-order valence-electron chi connectivity index (χ0n) is 13.4. The minimum absolute atomic E-state index is 0.368. The lowest BCUT2D eigenvalue weighted by molar-refractivity contribution is 0.162. The highest BCUT2D eigenvalue weighted by Gasteiger charge is 2.21. The van der Waals surface area contributed by atoms with E-state index in [4.69, 9.17) is 10.00 Å². The number of para-hydroxylation sites is 1. The molecule has 0 amide bonds. The van der Waals surface area contributed by atoms with Crippen LogP contribution in [0.2, 0.25) is 0 Å². The highest BCUT2D eigenvalue weighted by atomic mass is 16.5. The van der Waals surface area contributed by atoms with Crippen molar-refractivity contribution >= 4 is 6.02 Å². The summed E-state index contributed by atoms with van der Waals surface area (Å²) in [6, 6.07) is 13.9. The molecule has 0 unspecified atom stereocenters. The summed E-state index contributed by atoms with van der Waals surface area (Å²) in [4.78, 5) is 12.3. The molecule has 2 aromatic rings. The molecule has 0 N–H and O–H groups in total. The van der Waals surface area contributed by atoms with E-state index in [1.165, 1.54) is 5.56 Å². The van der Waals surface area contributed by atoms with Crippen LogP contribution in [0.15, 0.2) is 59.9 Å². The van der Waals surface area contributed by atoms with Crippen molar-refractivity contribution in [3.8, 4) is 11.9 Å². The molecule has 1 aromatic carbocycles. The fraction of sp³-hybridized carbons (Fsp3) is 0.278. The Hall–Kier alpha value is -2.91. The van der Waals surface area contributed by atoms with E-state index < -0.39 is 0 Å². The largest absolute Gasteiger partial charge is 0.425 e. The van der Waals surface area contributed by atoms with E-state index >= 15 is 0 Å². The van der Waals surface area contributed by atoms with Gasteiger partial charge in [0, 0.05) is 45.1 Å². The number of amidine groups is 1. The van der Waals surface area contributed by atoms with Gasteiger partial charge in [-0.15, -0.1) is 4.99 Å². The molecule has 2 heterocycles. The van der Waals surface area contributed by atoms with E-state index in [0.717, 1.165) is 32.7 Å². The summed E-state index contributed by atoms with van der Waals surface area (Å²) in [7, 11) is 0. The van der Waals surface area contributed by atoms with E-state index in [2.05, 4.69) is 14.9 Å². The van der Waals surface area contributed by atoms with Crippen molar-refractivity contribution in [2.75, 3.05) is 26.2 Å². The van der Waals surface area contributed by atoms with Crippen molar-refractivity contribution < 1.29 is 4.74 Å². The monoisotopic (exact) mass is 321 g/mol. The van der Waals surface area contributed by atoms with Crippen molar-refractivity contribution in [1.82, 2.24) is 14.8 Å². The highest BCUT2D eigenvalue weighted by Crippen LogP contribution is 2.13. The fourth-order valence-electron chi connectivity index (χ4n) is 2.64. The van der Waals surface area contributed by atoms with Crippen LogP contribution in [0.1, 0.15) is 5.56 Å². The van der Waals surface area contributed by atoms with Crippen LogP contribution in [-0.4, -0.2) is 47.0 Å². The second-order valence-electron chi connectivity index (χ2n) is 5.53. The maximum absolute atomic E-state index is 8.93. The van der Waals surface area contributed by atoms with Crippen molar-refractivity contribution in [3.63, 3.8) is 0 Å². The molecule has 0 aliphatic carbocycles. The van der Waals surface area contributed by atoms with Gasteiger partial charge in [0.25, 0.3) is 0 Å². The minimum atomic E-state index is 0.368. The summed E-state index contributed by atoms with van der Waals surface area (Å²) >= 11 is 0. The van der Waals surface area contributed by atoms with Crippen LogP contribution in [0, 0.1) is 11.5 Å². The Morgan fingerprint density at radius 2 is 1.79 bits per heavy atom. The second-order valence-corrected chi connectivity index (χ2v) is 5.53. The molecular weight excluding hydrogens is 302 g/mol. The third-order valence-electron chi connectivity index (χ3n) is 3.90. The molecule has 3 rings (SSSR count). The molecule has 0 bridgehead atoms. The van der Waals surface area contributed by atoms with Crippen LogP contribution in [0.25, 0.3) is 0 Å². The number of pyridine rings is 1. The number of aromatic nitrogens is 1. The maximum atomic E-state index is 8.93. The first-order valence-corrected chi connectivity index (χ1v) is 7.91. The van der Waals surface area contributed by atoms with Crippen LogP contribution in [0.3, 0.4) is 0 Å². The van der Waals surface area contributed by atoms with E-state index in [-0.39, 0.29) is 0 Å². The number of benzene rings is 1. The maximum Gasteiger partial charge on any atom is 0.308 e. The lowest BCUT2D eigenvalue weighted by Gasteiger charge is -2.35. The Kier molecular flexibility index (Phi) is 5.38. The number of ether oxygens (including phenoxy) is 1. The second kappa shape index (κ2) is 8.09. The van der Waals surface area contributed by atoms with Crippen LogP contribution >= 0.6 is 0 Å². The van der Waals surface area contributed by atoms with Gasteiger partial charge >= 0.3 is 6.02 Å². The predicted octanol–water partition coefficient (Wildman–Crippen LogP) is 2.12. The number of piperazine rings is 1. The van der Waals surface area contributed by atoms with Crippen LogP contribution < -0.4 is 4.74 Å². The molecule has 24 heavy (non-hydrogen) atoms. The van der Waals surface area contributed by atoms with Gasteiger partial charge in [-0.05, 0) is 29.8 Å². The van der Waals surface area contributed by atoms with Gasteiger partial charge in [-0.2, -0.15) is 5.26 Å². The lowest BCUT2D eigenvalue weighted by Crippen LogP contribution is -2.49. The summed E-state index contributed by atoms with van der Waals surface area (Å²) in [6.45, 7) is 4.24. The normalized spacial score (nSPS) is 15.8. The Morgan fingerprint density at radius 3 is 2.46 bits per heavy atom. The van der Waals surface area contributed by atoms with Gasteiger partial charge < -0.3 is 9.64 Å². The van der Waals surface area contributed by atoms with Crippen molar-refractivity contribution in [2.45, 2.75) is 6.54 Å². The molecule has 122 valence electrons. The first-order valence-electron chi connectivity index (χ1n) is 7.91. The van der Waals surface area contributed by atoms with Crippen molar-refractivity contribution in [1.29, 1.82) is 5.26 Å². The molecular formula is C18H19N5O. The van der Waals surface area contributed by atoms with Gasteiger partial charge in [-0.1, -0.05) is 18.2 Å². The molecule has 0 spiro atoms. The number of hydrogen-bond donors (Lipinski definition) is 0. The van der Waals surface area contributed by atoms with Gasteiger partial charge in [0.05, 0.1) is 0 Å². The van der Waals surface area contributed by atoms with Gasteiger partial charge in [-0.3, -0.25) is 9.88 Å². The van der Waals surface area contributed by atoms with E-state index in [1.807, 2.05) is 66.0 Å². The van der Waals surface area contributed by atoms with E-state index in [1.54, 1.807) is 0 Å². The summed E-state index contributed by atoms with van der Waals surface area (Å²) in [5.41, 5.74) is 1.25. The number of nitrogens with zero attached hydrogens (tertiary/aromatic N) is 5. The molecule has 1 fully saturated rings. The smallest absolute Gasteiger partial charge is 0.308 e. The quantitative estimate of drug-likeness (QED) is 0.492. The molecule has 1 aliphatic heterocycles. The summed E-state index contributed by atoms with van der Waals surface area (Å²) in [6.07, 6.45) is 5.47. The predicted molar refractivity (Wildman–Crippen MR) is 91.2 cm³/mol. The van der Waals surface area contributed by atoms with Crippen LogP contribution in [0.5, 0.6) is 5.75 Å². The topological polar surface area (TPSA) is 64.8 Å². The molecule has 1 aliphatic rings.